The second-order valence-corrected chi connectivity index (χ2v) is 8.22. The van der Waals surface area contributed by atoms with Crippen LogP contribution in [0.2, 0.25) is 0 Å². The van der Waals surface area contributed by atoms with Crippen LogP contribution in [0.25, 0.3) is 0 Å². The van der Waals surface area contributed by atoms with E-state index in [1.807, 2.05) is 0 Å². The van der Waals surface area contributed by atoms with E-state index in [0.717, 1.165) is 12.8 Å². The van der Waals surface area contributed by atoms with E-state index >= 15 is 0 Å². The summed E-state index contributed by atoms with van der Waals surface area (Å²) in [7, 11) is 0. The number of esters is 4. The number of carbonyl (C=O) groups excluding carboxylic acids is 4. The van der Waals surface area contributed by atoms with Gasteiger partial charge >= 0.3 is 23.9 Å². The number of ether oxygens (including phenoxy) is 4. The molecule has 10 nitrogen and oxygen atoms in total. The zero-order valence-corrected chi connectivity index (χ0v) is 21.6. The minimum absolute atomic E-state index is 0.0723. The number of nitrogens with one attached hydrogen (secondary N) is 2. The summed E-state index contributed by atoms with van der Waals surface area (Å²) in [6.07, 6.45) is 1.50. The highest BCUT2D eigenvalue weighted by molar-refractivity contribution is 5.83. The summed E-state index contributed by atoms with van der Waals surface area (Å²) in [5.41, 5.74) is 0. The Kier molecular flexibility index (Phi) is 17.9. The van der Waals surface area contributed by atoms with Gasteiger partial charge in [0.2, 0.25) is 0 Å². The molecule has 0 aliphatic carbocycles. The molecular formula is C24H44N2O8. The van der Waals surface area contributed by atoms with Crippen LogP contribution in [0, 0.1) is 11.8 Å². The van der Waals surface area contributed by atoms with Gasteiger partial charge in [-0.2, -0.15) is 0 Å². The largest absolute Gasteiger partial charge is 0.466 e. The van der Waals surface area contributed by atoms with Gasteiger partial charge in [-0.15, -0.1) is 0 Å². The van der Waals surface area contributed by atoms with E-state index in [9.17, 15) is 19.2 Å². The average Bonchev–Trinajstić information content (AvgIpc) is 2.76. The Morgan fingerprint density at radius 1 is 0.647 bits per heavy atom. The molecule has 4 atom stereocenters. The molecule has 0 amide bonds. The van der Waals surface area contributed by atoms with Crippen LogP contribution in [-0.2, 0) is 38.1 Å². The SMILES string of the molecule is CCOC(=O)C[C@H](NCCC(C)CC(C)CN[C@@H](CC(=O)OCC)C(=O)OCC)C(=O)OCC. The molecule has 0 aliphatic rings. The van der Waals surface area contributed by atoms with Gasteiger partial charge in [-0.05, 0) is 65.5 Å². The van der Waals surface area contributed by atoms with Crippen molar-refractivity contribution >= 4 is 23.9 Å². The van der Waals surface area contributed by atoms with Crippen molar-refractivity contribution in [2.45, 2.75) is 79.3 Å². The van der Waals surface area contributed by atoms with E-state index in [4.69, 9.17) is 18.9 Å². The number of hydrogen-bond acceptors (Lipinski definition) is 10. The molecule has 0 bridgehead atoms. The Bertz CT molecular complexity index is 614. The summed E-state index contributed by atoms with van der Waals surface area (Å²) < 4.78 is 20.0. The predicted octanol–water partition coefficient (Wildman–Crippen LogP) is 1.99. The molecule has 2 N–H and O–H groups in total. The quantitative estimate of drug-likeness (QED) is 0.206. The maximum absolute atomic E-state index is 12.2. The second kappa shape index (κ2) is 19.1. The van der Waals surface area contributed by atoms with Gasteiger partial charge in [0.1, 0.15) is 12.1 Å². The normalized spacial score (nSPS) is 14.4. The van der Waals surface area contributed by atoms with Crippen LogP contribution in [0.1, 0.15) is 67.2 Å². The lowest BCUT2D eigenvalue weighted by molar-refractivity contribution is -0.152. The first-order valence-corrected chi connectivity index (χ1v) is 12.3. The van der Waals surface area contributed by atoms with Gasteiger partial charge in [0.25, 0.3) is 0 Å². The first kappa shape index (κ1) is 31.8. The molecule has 2 unspecified atom stereocenters. The van der Waals surface area contributed by atoms with E-state index in [-0.39, 0.29) is 45.2 Å². The van der Waals surface area contributed by atoms with Gasteiger partial charge in [-0.25, -0.2) is 0 Å². The fraction of sp³-hybridized carbons (Fsp3) is 0.833. The number of rotatable bonds is 19. The van der Waals surface area contributed by atoms with Crippen LogP contribution in [0.15, 0.2) is 0 Å². The molecule has 0 saturated carbocycles. The van der Waals surface area contributed by atoms with Crippen molar-refractivity contribution in [2.24, 2.45) is 11.8 Å². The molecule has 10 heteroatoms. The first-order chi connectivity index (χ1) is 16.2. The van der Waals surface area contributed by atoms with Crippen molar-refractivity contribution in [1.82, 2.24) is 10.6 Å². The van der Waals surface area contributed by atoms with Gasteiger partial charge < -0.3 is 29.6 Å². The smallest absolute Gasteiger partial charge is 0.323 e. The molecule has 0 aromatic rings. The third-order valence-corrected chi connectivity index (χ3v) is 5.04. The fourth-order valence-electron chi connectivity index (χ4n) is 3.47. The molecule has 0 rings (SSSR count). The molecule has 0 spiro atoms. The van der Waals surface area contributed by atoms with Gasteiger partial charge in [-0.1, -0.05) is 13.8 Å². The monoisotopic (exact) mass is 488 g/mol. The highest BCUT2D eigenvalue weighted by Crippen LogP contribution is 2.15. The van der Waals surface area contributed by atoms with Gasteiger partial charge in [0.15, 0.2) is 0 Å². The molecule has 34 heavy (non-hydrogen) atoms. The summed E-state index contributed by atoms with van der Waals surface area (Å²) in [6.45, 7) is 13.1. The summed E-state index contributed by atoms with van der Waals surface area (Å²) >= 11 is 0. The molecule has 0 saturated heterocycles. The Morgan fingerprint density at radius 3 is 1.53 bits per heavy atom. The number of hydrogen-bond donors (Lipinski definition) is 2. The Balaban J connectivity index is 4.59. The Morgan fingerprint density at radius 2 is 1.09 bits per heavy atom. The lowest BCUT2D eigenvalue weighted by Crippen LogP contribution is -2.42. The second-order valence-electron chi connectivity index (χ2n) is 8.22. The molecule has 0 aromatic heterocycles. The maximum atomic E-state index is 12.2. The van der Waals surface area contributed by atoms with Crippen molar-refractivity contribution < 1.29 is 38.1 Å². The van der Waals surface area contributed by atoms with Gasteiger partial charge in [0.05, 0.1) is 39.3 Å². The molecule has 0 aromatic carbocycles. The van der Waals surface area contributed by atoms with Crippen LogP contribution in [0.4, 0.5) is 0 Å². The van der Waals surface area contributed by atoms with E-state index < -0.39 is 36.0 Å². The zero-order valence-electron chi connectivity index (χ0n) is 21.6. The summed E-state index contributed by atoms with van der Waals surface area (Å²) in [5.74, 6) is -1.27. The Labute approximate surface area is 203 Å². The van der Waals surface area contributed by atoms with Crippen molar-refractivity contribution in [2.75, 3.05) is 39.5 Å². The fourth-order valence-corrected chi connectivity index (χ4v) is 3.47. The van der Waals surface area contributed by atoms with Crippen molar-refractivity contribution in [3.8, 4) is 0 Å². The molecule has 0 aliphatic heterocycles. The van der Waals surface area contributed by atoms with Gasteiger partial charge in [-0.3, -0.25) is 19.2 Å². The molecule has 0 radical (unpaired) electrons. The minimum atomic E-state index is -0.744. The van der Waals surface area contributed by atoms with Crippen LogP contribution >= 0.6 is 0 Å². The highest BCUT2D eigenvalue weighted by atomic mass is 16.5. The minimum Gasteiger partial charge on any atom is -0.466 e. The lowest BCUT2D eigenvalue weighted by atomic mass is 9.94. The van der Waals surface area contributed by atoms with E-state index in [0.29, 0.717) is 19.0 Å². The van der Waals surface area contributed by atoms with Crippen molar-refractivity contribution in [1.29, 1.82) is 0 Å². The van der Waals surface area contributed by atoms with Crippen molar-refractivity contribution in [3.63, 3.8) is 0 Å². The molecule has 0 fully saturated rings. The lowest BCUT2D eigenvalue weighted by Gasteiger charge is -2.22. The molecule has 0 heterocycles. The summed E-state index contributed by atoms with van der Waals surface area (Å²) in [6, 6.07) is -1.48. The van der Waals surface area contributed by atoms with Crippen LogP contribution in [-0.4, -0.2) is 75.5 Å². The predicted molar refractivity (Wildman–Crippen MR) is 127 cm³/mol. The maximum Gasteiger partial charge on any atom is 0.323 e. The van der Waals surface area contributed by atoms with Crippen molar-refractivity contribution in [3.05, 3.63) is 0 Å². The average molecular weight is 489 g/mol. The topological polar surface area (TPSA) is 129 Å². The van der Waals surface area contributed by atoms with Crippen LogP contribution < -0.4 is 10.6 Å². The summed E-state index contributed by atoms with van der Waals surface area (Å²) in [5, 5.41) is 6.24. The number of carbonyl (C=O) groups is 4. The zero-order chi connectivity index (χ0) is 25.9. The summed E-state index contributed by atoms with van der Waals surface area (Å²) in [4.78, 5) is 47.9. The third-order valence-electron chi connectivity index (χ3n) is 5.04. The van der Waals surface area contributed by atoms with Crippen LogP contribution in [0.5, 0.6) is 0 Å². The van der Waals surface area contributed by atoms with E-state index in [2.05, 4.69) is 24.5 Å². The molecular weight excluding hydrogens is 444 g/mol. The standard InChI is InChI=1S/C24H44N2O8/c1-7-31-21(27)14-19(23(29)33-9-3)25-12-11-17(5)13-18(6)16-26-20(24(30)34-10-4)15-22(28)32-8-2/h17-20,25-26H,7-16H2,1-6H3/t17?,18?,19-,20-/m0/s1. The van der Waals surface area contributed by atoms with Gasteiger partial charge in [0, 0.05) is 0 Å². The highest BCUT2D eigenvalue weighted by Gasteiger charge is 2.25. The Hall–Kier alpha value is -2.20. The van der Waals surface area contributed by atoms with E-state index in [1.165, 1.54) is 0 Å². The molecule has 198 valence electrons. The van der Waals surface area contributed by atoms with E-state index in [1.54, 1.807) is 27.7 Å². The first-order valence-electron chi connectivity index (χ1n) is 12.3. The van der Waals surface area contributed by atoms with Crippen LogP contribution in [0.3, 0.4) is 0 Å². The third kappa shape index (κ3) is 14.8.